The maximum Gasteiger partial charge on any atom is 0.363 e. The molecule has 7 aromatic rings. The van der Waals surface area contributed by atoms with Gasteiger partial charge in [0.05, 0.1) is 46.8 Å². The fourth-order valence-corrected chi connectivity index (χ4v) is 18.0. The number of hydrogen-bond donors (Lipinski definition) is 0. The minimum atomic E-state index is -4.07. The van der Waals surface area contributed by atoms with Crippen molar-refractivity contribution in [3.05, 3.63) is 108 Å². The minimum absolute atomic E-state index is 0.0833. The van der Waals surface area contributed by atoms with Crippen molar-refractivity contribution in [2.24, 2.45) is 0 Å². The van der Waals surface area contributed by atoms with Crippen LogP contribution in [0.25, 0.3) is 59.9 Å². The molecule has 13 heteroatoms. The molecule has 0 aliphatic carbocycles. The Morgan fingerprint density at radius 2 is 0.639 bits per heavy atom. The van der Waals surface area contributed by atoms with Gasteiger partial charge in [0.15, 0.2) is 0 Å². The van der Waals surface area contributed by atoms with E-state index >= 15 is 9.13 Å². The first-order chi connectivity index (χ1) is 29.0. The second-order valence-electron chi connectivity index (χ2n) is 16.4. The summed E-state index contributed by atoms with van der Waals surface area (Å²) in [5.41, 5.74) is 5.12. The number of thiophene rings is 5. The predicted octanol–water partition coefficient (Wildman–Crippen LogP) is 16.4. The molecule has 0 amide bonds. The largest absolute Gasteiger partial charge is 0.363 e. The molecule has 5 aromatic heterocycles. The standard InChI is InChI=1S/C48H54O6P2S5/c1-11-51-55(49,52-12-2)43-44(56(50,53-13-3)54-14-4)46(42-30-28-40(60-42)38-26-24-36(58-38)32-17-21-34(22-18-32)48(8,9)10)61-45(43)41-29-27-39(59-41)37-25-23-35(57-37)31-15-19-33(20-16-31)47(5,6)7/h15-30H,11-14H2,1-10H3. The van der Waals surface area contributed by atoms with Gasteiger partial charge in [0.2, 0.25) is 0 Å². The lowest BCUT2D eigenvalue weighted by Gasteiger charge is -2.23. The molecular weight excluding hydrogens is 895 g/mol. The summed E-state index contributed by atoms with van der Waals surface area (Å²) in [5, 5.41) is 0.514. The van der Waals surface area contributed by atoms with Crippen LogP contribution in [0.4, 0.5) is 0 Å². The van der Waals surface area contributed by atoms with Gasteiger partial charge in [-0.2, -0.15) is 0 Å². The van der Waals surface area contributed by atoms with Crippen molar-refractivity contribution in [3.63, 3.8) is 0 Å². The Balaban J connectivity index is 1.34. The summed E-state index contributed by atoms with van der Waals surface area (Å²) >= 11 is 8.12. The van der Waals surface area contributed by atoms with Crippen LogP contribution < -0.4 is 10.6 Å². The van der Waals surface area contributed by atoms with Crippen molar-refractivity contribution in [1.82, 2.24) is 0 Å². The van der Waals surface area contributed by atoms with E-state index in [1.54, 1.807) is 73.0 Å². The van der Waals surface area contributed by atoms with E-state index in [9.17, 15) is 0 Å². The zero-order valence-corrected chi connectivity index (χ0v) is 42.3. The molecule has 0 radical (unpaired) electrons. The first kappa shape index (κ1) is 46.2. The lowest BCUT2D eigenvalue weighted by molar-refractivity contribution is 0.226. The summed E-state index contributed by atoms with van der Waals surface area (Å²) in [6.07, 6.45) is 0. The quantitative estimate of drug-likeness (QED) is 0.0899. The van der Waals surface area contributed by atoms with Gasteiger partial charge in [-0.15, -0.1) is 56.7 Å². The lowest BCUT2D eigenvalue weighted by atomic mass is 9.86. The molecule has 0 spiro atoms. The van der Waals surface area contributed by atoms with Crippen molar-refractivity contribution in [2.45, 2.75) is 80.1 Å². The Labute approximate surface area is 381 Å². The Hall–Kier alpha value is -2.76. The summed E-state index contributed by atoms with van der Waals surface area (Å²) in [5.74, 6) is 0. The molecule has 7 rings (SSSR count). The third kappa shape index (κ3) is 9.84. The molecule has 322 valence electrons. The van der Waals surface area contributed by atoms with Crippen LogP contribution in [0, 0.1) is 0 Å². The van der Waals surface area contributed by atoms with Gasteiger partial charge < -0.3 is 18.1 Å². The fraction of sp³-hybridized carbons (Fsp3) is 0.333. The maximum absolute atomic E-state index is 15.2. The zero-order valence-electron chi connectivity index (χ0n) is 36.5. The van der Waals surface area contributed by atoms with E-state index in [0.717, 1.165) is 29.3 Å². The smallest absolute Gasteiger partial charge is 0.305 e. The monoisotopic (exact) mass is 948 g/mol. The molecule has 0 aliphatic rings. The van der Waals surface area contributed by atoms with E-state index in [-0.39, 0.29) is 47.9 Å². The highest BCUT2D eigenvalue weighted by molar-refractivity contribution is 7.71. The average Bonchev–Trinajstić information content (AvgIpc) is 4.06. The summed E-state index contributed by atoms with van der Waals surface area (Å²) in [6.45, 7) is 21.0. The molecule has 6 nitrogen and oxygen atoms in total. The van der Waals surface area contributed by atoms with Gasteiger partial charge >= 0.3 is 15.2 Å². The highest BCUT2D eigenvalue weighted by atomic mass is 32.1. The van der Waals surface area contributed by atoms with Crippen molar-refractivity contribution < 1.29 is 27.2 Å². The highest BCUT2D eigenvalue weighted by Gasteiger charge is 2.46. The van der Waals surface area contributed by atoms with E-state index in [2.05, 4.69) is 139 Å². The van der Waals surface area contributed by atoms with Gasteiger partial charge in [-0.3, -0.25) is 9.13 Å². The van der Waals surface area contributed by atoms with Crippen LogP contribution in [0.5, 0.6) is 0 Å². The molecule has 0 aliphatic heterocycles. The topological polar surface area (TPSA) is 71.1 Å². The van der Waals surface area contributed by atoms with Crippen molar-refractivity contribution >= 4 is 82.5 Å². The molecule has 5 heterocycles. The van der Waals surface area contributed by atoms with Gasteiger partial charge in [-0.1, -0.05) is 90.1 Å². The zero-order chi connectivity index (χ0) is 43.7. The first-order valence-electron chi connectivity index (χ1n) is 20.6. The summed E-state index contributed by atoms with van der Waals surface area (Å²) in [7, 11) is -8.15. The molecule has 0 bridgehead atoms. The molecule has 0 saturated carbocycles. The second-order valence-corrected chi connectivity index (χ2v) is 25.7. The molecule has 0 saturated heterocycles. The lowest BCUT2D eigenvalue weighted by Crippen LogP contribution is -2.28. The minimum Gasteiger partial charge on any atom is -0.305 e. The maximum atomic E-state index is 15.2. The average molecular weight is 949 g/mol. The van der Waals surface area contributed by atoms with E-state index in [0.29, 0.717) is 9.75 Å². The van der Waals surface area contributed by atoms with Crippen LogP contribution in [0.15, 0.2) is 97.1 Å². The van der Waals surface area contributed by atoms with Crippen molar-refractivity contribution in [2.75, 3.05) is 26.4 Å². The number of hydrogen-bond acceptors (Lipinski definition) is 11. The van der Waals surface area contributed by atoms with E-state index in [1.807, 2.05) is 0 Å². The van der Waals surface area contributed by atoms with Crippen LogP contribution in [-0.2, 0) is 38.1 Å². The van der Waals surface area contributed by atoms with Gasteiger partial charge in [0, 0.05) is 39.0 Å². The van der Waals surface area contributed by atoms with Crippen LogP contribution in [-0.4, -0.2) is 26.4 Å². The van der Waals surface area contributed by atoms with Crippen molar-refractivity contribution in [1.29, 1.82) is 0 Å². The fourth-order valence-electron chi connectivity index (χ4n) is 6.97. The summed E-state index contributed by atoms with van der Waals surface area (Å²) in [6, 6.07) is 34.6. The SMILES string of the molecule is CCOP(=O)(OCC)c1c(-c2ccc(-c3ccc(-c4ccc(C(C)(C)C)cc4)s3)s2)sc(-c2ccc(-c3ccc(-c4ccc(C(C)(C)C)cc4)s3)s2)c1P(=O)(OCC)OCC. The number of rotatable bonds is 16. The Kier molecular flexibility index (Phi) is 14.2. The Morgan fingerprint density at radius 1 is 0.377 bits per heavy atom. The van der Waals surface area contributed by atoms with Crippen LogP contribution in [0.2, 0.25) is 0 Å². The molecule has 2 aromatic carbocycles. The van der Waals surface area contributed by atoms with E-state index in [4.69, 9.17) is 18.1 Å². The predicted molar refractivity (Wildman–Crippen MR) is 267 cm³/mol. The molecule has 0 atom stereocenters. The van der Waals surface area contributed by atoms with Crippen LogP contribution in [0.1, 0.15) is 80.4 Å². The van der Waals surface area contributed by atoms with Gasteiger partial charge in [-0.05, 0) is 109 Å². The molecule has 61 heavy (non-hydrogen) atoms. The highest BCUT2D eigenvalue weighted by Crippen LogP contribution is 2.60. The summed E-state index contributed by atoms with van der Waals surface area (Å²) in [4.78, 5) is 9.83. The third-order valence-corrected chi connectivity index (χ3v) is 21.3. The van der Waals surface area contributed by atoms with Crippen LogP contribution >= 0.6 is 71.9 Å². The second kappa shape index (κ2) is 18.8. The van der Waals surface area contributed by atoms with Crippen LogP contribution in [0.3, 0.4) is 0 Å². The van der Waals surface area contributed by atoms with Gasteiger partial charge in [0.1, 0.15) is 0 Å². The van der Waals surface area contributed by atoms with Gasteiger partial charge in [0.25, 0.3) is 0 Å². The molecule has 0 unspecified atom stereocenters. The Morgan fingerprint density at radius 3 is 0.918 bits per heavy atom. The van der Waals surface area contributed by atoms with Gasteiger partial charge in [-0.25, -0.2) is 0 Å². The van der Waals surface area contributed by atoms with Crippen molar-refractivity contribution in [3.8, 4) is 59.9 Å². The number of benzene rings is 2. The molecule has 0 fully saturated rings. The van der Waals surface area contributed by atoms with E-state index < -0.39 is 15.2 Å². The first-order valence-corrected chi connectivity index (χ1v) is 27.8. The molecule has 0 N–H and O–H groups in total. The normalized spacial score (nSPS) is 12.8. The molecular formula is C48H54O6P2S5. The summed E-state index contributed by atoms with van der Waals surface area (Å²) < 4.78 is 54.9. The van der Waals surface area contributed by atoms with E-state index in [1.165, 1.54) is 43.3 Å². The third-order valence-electron chi connectivity index (χ3n) is 10.0. The Bertz CT molecular complexity index is 2480.